The van der Waals surface area contributed by atoms with Crippen molar-refractivity contribution in [2.45, 2.75) is 74.2 Å². The van der Waals surface area contributed by atoms with Gasteiger partial charge < -0.3 is 0 Å². The van der Waals surface area contributed by atoms with Crippen molar-refractivity contribution in [3.8, 4) is 11.5 Å². The van der Waals surface area contributed by atoms with Crippen LogP contribution in [0.3, 0.4) is 0 Å². The third kappa shape index (κ3) is 7.48. The molecule has 0 bridgehead atoms. The molecule has 3 heterocycles. The second kappa shape index (κ2) is 15.2. The summed E-state index contributed by atoms with van der Waals surface area (Å²) >= 11 is 5.14. The van der Waals surface area contributed by atoms with Crippen molar-refractivity contribution in [1.29, 1.82) is 0 Å². The first-order chi connectivity index (χ1) is 24.7. The van der Waals surface area contributed by atoms with E-state index in [-0.39, 0.29) is 11.4 Å². The summed E-state index contributed by atoms with van der Waals surface area (Å²) in [6.45, 7) is 2.44. The van der Waals surface area contributed by atoms with Crippen molar-refractivity contribution in [2.24, 2.45) is 0 Å². The number of hydrogen-bond donors (Lipinski definition) is 1. The topological polar surface area (TPSA) is 110 Å². The first-order valence-electron chi connectivity index (χ1n) is 17.3. The number of ether oxygens (including phenoxy) is 4. The van der Waals surface area contributed by atoms with Gasteiger partial charge in [0.05, 0.1) is 14.2 Å². The summed E-state index contributed by atoms with van der Waals surface area (Å²) in [5, 5.41) is -2.46. The van der Waals surface area contributed by atoms with Crippen LogP contribution in [0.2, 0.25) is 0 Å². The molecule has 1 saturated carbocycles. The molecule has 1 unspecified atom stereocenters. The second-order valence-electron chi connectivity index (χ2n) is 13.4. The van der Waals surface area contributed by atoms with E-state index in [1.54, 1.807) is 27.3 Å². The molecule has 0 amide bonds. The number of H-pyrrole nitrogens is 1. The third-order valence-electron chi connectivity index (χ3n) is 10.1. The summed E-state index contributed by atoms with van der Waals surface area (Å²) in [7, 11) is 3.29. The molecule has 3 aromatic carbocycles. The quantitative estimate of drug-likeness (QED) is 0.0990. The number of hydrogen-bond acceptors (Lipinski definition) is 9. The van der Waals surface area contributed by atoms with Crippen LogP contribution in [0.4, 0.5) is 0 Å². The van der Waals surface area contributed by atoms with Crippen LogP contribution in [0, 0.1) is 6.92 Å². The van der Waals surface area contributed by atoms with Crippen molar-refractivity contribution in [3.05, 3.63) is 128 Å². The van der Waals surface area contributed by atoms with Gasteiger partial charge in [-0.3, -0.25) is 0 Å². The summed E-state index contributed by atoms with van der Waals surface area (Å²) in [5.41, 5.74) is 1.08. The number of nitrogens with one attached hydrogen (secondary N) is 1. The monoisotopic (exact) mass is 798 g/mol. The maximum absolute atomic E-state index is 13.1. The summed E-state index contributed by atoms with van der Waals surface area (Å²) in [4.78, 5) is 27.8. The number of nitrogens with zero attached hydrogens (tertiary/aromatic N) is 1. The zero-order chi connectivity index (χ0) is 35.6. The maximum atomic E-state index is 13.1. The van der Waals surface area contributed by atoms with Crippen LogP contribution in [0.1, 0.15) is 67.0 Å². The Kier molecular flexibility index (Phi) is 10.9. The van der Waals surface area contributed by atoms with E-state index in [2.05, 4.69) is 32.2 Å². The Morgan fingerprint density at radius 3 is 2.14 bits per heavy atom. The minimum atomic E-state index is -2.46. The predicted molar refractivity (Wildman–Crippen MR) is 200 cm³/mol. The molecule has 7 rings (SSSR count). The number of methoxy groups -OCH3 is 2. The number of rotatable bonds is 11. The fourth-order valence-corrected chi connectivity index (χ4v) is 16.5. The molecule has 1 aliphatic carbocycles. The van der Waals surface area contributed by atoms with Crippen molar-refractivity contribution < 1.29 is 28.0 Å². The molecule has 1 aromatic heterocycles. The van der Waals surface area contributed by atoms with E-state index in [1.807, 2.05) is 78.1 Å². The number of aromatic amines is 1. The summed E-state index contributed by atoms with van der Waals surface area (Å²) < 4.78 is 39.9. The molecule has 3 fully saturated rings. The van der Waals surface area contributed by atoms with E-state index >= 15 is 0 Å². The molecule has 2 aliphatic heterocycles. The Hall–Kier alpha value is -2.92. The molecule has 51 heavy (non-hydrogen) atoms. The van der Waals surface area contributed by atoms with Gasteiger partial charge in [-0.15, -0.1) is 0 Å². The fraction of sp³-hybridized carbons (Fsp3) is 0.421. The zero-order valence-electron chi connectivity index (χ0n) is 28.9. The van der Waals surface area contributed by atoms with Gasteiger partial charge in [0.2, 0.25) is 0 Å². The van der Waals surface area contributed by atoms with Crippen molar-refractivity contribution in [3.63, 3.8) is 0 Å². The van der Waals surface area contributed by atoms with Crippen LogP contribution in [0.5, 0.6) is 11.5 Å². The normalized spacial score (nSPS) is 24.5. The average molecular weight is 798 g/mol. The van der Waals surface area contributed by atoms with Gasteiger partial charge in [0, 0.05) is 0 Å². The second-order valence-corrected chi connectivity index (χ2v) is 22.4. The molecule has 270 valence electrons. The predicted octanol–water partition coefficient (Wildman–Crippen LogP) is 6.86. The van der Waals surface area contributed by atoms with Crippen LogP contribution >= 0.6 is 16.5 Å². The van der Waals surface area contributed by atoms with Crippen molar-refractivity contribution in [2.75, 3.05) is 27.4 Å². The molecule has 10 nitrogen and oxygen atoms in total. The standard InChI is InChI=1S/C38H43N2O8PSSe/c1-26-23-40(36(42)39-35(26)41)34-22-32(48-49(51)46-25-37(50-49)20-8-5-9-21-37)33(47-34)24-45-38(27-10-6-4-7-11-27,28-12-16-30(43-2)17-13-28)29-14-18-31(44-3)19-15-29/h4,6-7,10-19,23,32-34H,5,8-9,20-22,24-25H2,1-3H3,(H,39,41,42)/t32-,33+,34+,49?/m0/s1. The number of benzene rings is 3. The van der Waals surface area contributed by atoms with E-state index in [4.69, 9.17) is 28.0 Å². The first-order valence-corrected chi connectivity index (χ1v) is 22.5. The van der Waals surface area contributed by atoms with Gasteiger partial charge >= 0.3 is 296 Å². The molecular weight excluding hydrogens is 754 g/mol. The van der Waals surface area contributed by atoms with E-state index in [0.29, 0.717) is 18.6 Å². The molecule has 3 aliphatic rings. The average Bonchev–Trinajstić information content (AvgIpc) is 3.70. The van der Waals surface area contributed by atoms with Crippen LogP contribution in [-0.4, -0.2) is 69.0 Å². The molecular formula is C38H43N2O8PSSe. The molecule has 4 aromatic rings. The van der Waals surface area contributed by atoms with Gasteiger partial charge in [0.15, 0.2) is 0 Å². The molecule has 0 radical (unpaired) electrons. The van der Waals surface area contributed by atoms with E-state index in [9.17, 15) is 9.59 Å². The van der Waals surface area contributed by atoms with E-state index in [0.717, 1.165) is 41.0 Å². The SMILES string of the molecule is COc1ccc(C(OC[C@H]2O[C@@H](n3cc(C)c(=O)[nH]c3=O)C[C@@H]2OP2(=[Se])OCC3(CCCCC3)S2)(c2ccccc2)c2ccc(OC)cc2)cc1. The Morgan fingerprint density at radius 2 is 1.53 bits per heavy atom. The summed E-state index contributed by atoms with van der Waals surface area (Å²) in [6, 6.07) is 25.8. The van der Waals surface area contributed by atoms with Gasteiger partial charge in [-0.2, -0.15) is 0 Å². The van der Waals surface area contributed by atoms with Gasteiger partial charge in [0.25, 0.3) is 0 Å². The molecule has 1 N–H and O–H groups in total. The third-order valence-corrected chi connectivity index (χ3v) is 17.2. The molecule has 13 heteroatoms. The van der Waals surface area contributed by atoms with E-state index < -0.39 is 40.5 Å². The summed E-state index contributed by atoms with van der Waals surface area (Å²) in [6.07, 6.45) is 6.00. The van der Waals surface area contributed by atoms with Crippen LogP contribution in [0.15, 0.2) is 94.6 Å². The Balaban J connectivity index is 1.27. The zero-order valence-corrected chi connectivity index (χ0v) is 32.4. The van der Waals surface area contributed by atoms with Crippen LogP contribution in [0.25, 0.3) is 0 Å². The fourth-order valence-electron chi connectivity index (χ4n) is 7.35. The molecule has 2 saturated heterocycles. The first kappa shape index (κ1) is 36.4. The van der Waals surface area contributed by atoms with Crippen LogP contribution < -0.4 is 20.7 Å². The Bertz CT molecular complexity index is 1930. The van der Waals surface area contributed by atoms with Gasteiger partial charge in [0.1, 0.15) is 0 Å². The van der Waals surface area contributed by atoms with Crippen molar-refractivity contribution >= 4 is 31.6 Å². The Labute approximate surface area is 309 Å². The minimum absolute atomic E-state index is 0.0559. The number of aryl methyl sites for hydroxylation is 1. The number of aromatic nitrogens is 2. The summed E-state index contributed by atoms with van der Waals surface area (Å²) in [5.74, 6) is 1.46. The van der Waals surface area contributed by atoms with Gasteiger partial charge in [-0.25, -0.2) is 0 Å². The molecule has 4 atom stereocenters. The Morgan fingerprint density at radius 1 is 0.922 bits per heavy atom. The molecule has 1 spiro atoms. The van der Waals surface area contributed by atoms with Gasteiger partial charge in [-0.05, 0) is 0 Å². The van der Waals surface area contributed by atoms with E-state index in [1.165, 1.54) is 23.8 Å². The van der Waals surface area contributed by atoms with Crippen molar-refractivity contribution in [1.82, 2.24) is 9.55 Å². The van der Waals surface area contributed by atoms with Crippen LogP contribution in [-0.2, 0) is 24.1 Å². The van der Waals surface area contributed by atoms with Gasteiger partial charge in [-0.1, -0.05) is 0 Å².